The van der Waals surface area contributed by atoms with Gasteiger partial charge in [0.25, 0.3) is 0 Å². The van der Waals surface area contributed by atoms with E-state index in [-0.39, 0.29) is 17.2 Å². The zero-order valence-corrected chi connectivity index (χ0v) is 21.2. The number of carbonyl (C=O) groups is 1. The van der Waals surface area contributed by atoms with Crippen LogP contribution in [0.5, 0.6) is 5.75 Å². The Balaban J connectivity index is 1.36. The van der Waals surface area contributed by atoms with Crippen LogP contribution in [0, 0.1) is 0 Å². The molecule has 3 aromatic rings. The van der Waals surface area contributed by atoms with Crippen LogP contribution in [-0.4, -0.2) is 51.9 Å². The molecule has 4 rings (SSSR count). The number of nitrogens with zero attached hydrogens (tertiary/aromatic N) is 2. The Morgan fingerprint density at radius 2 is 1.59 bits per heavy atom. The summed E-state index contributed by atoms with van der Waals surface area (Å²) in [6, 6.07) is 21.6. The normalized spacial score (nSPS) is 14.6. The fourth-order valence-electron chi connectivity index (χ4n) is 3.91. The van der Waals surface area contributed by atoms with Gasteiger partial charge < -0.3 is 15.0 Å². The summed E-state index contributed by atoms with van der Waals surface area (Å²) in [4.78, 5) is 14.7. The van der Waals surface area contributed by atoms with E-state index in [0.717, 1.165) is 21.5 Å². The van der Waals surface area contributed by atoms with Crippen LogP contribution >= 0.6 is 15.9 Å². The lowest BCUT2D eigenvalue weighted by atomic mass is 10.1. The highest BCUT2D eigenvalue weighted by Gasteiger charge is 2.29. The number of carbonyl (C=O) groups excluding carboxylic acids is 1. The van der Waals surface area contributed by atoms with Gasteiger partial charge in [0, 0.05) is 36.3 Å². The van der Waals surface area contributed by atoms with Gasteiger partial charge in [-0.05, 0) is 54.1 Å². The van der Waals surface area contributed by atoms with Crippen LogP contribution in [0.15, 0.2) is 82.2 Å². The van der Waals surface area contributed by atoms with Crippen molar-refractivity contribution in [2.24, 2.45) is 0 Å². The Kier molecular flexibility index (Phi) is 7.55. The monoisotopic (exact) mass is 543 g/mol. The molecule has 1 aliphatic rings. The molecular weight excluding hydrogens is 518 g/mol. The van der Waals surface area contributed by atoms with Crippen molar-refractivity contribution in [2.45, 2.75) is 11.3 Å². The average Bonchev–Trinajstić information content (AvgIpc) is 2.86. The van der Waals surface area contributed by atoms with E-state index in [9.17, 15) is 13.2 Å². The number of para-hydroxylation sites is 2. The summed E-state index contributed by atoms with van der Waals surface area (Å²) in [6.07, 6.45) is 0.240. The number of piperazine rings is 1. The van der Waals surface area contributed by atoms with E-state index in [1.165, 1.54) is 16.4 Å². The van der Waals surface area contributed by atoms with E-state index in [1.54, 1.807) is 19.2 Å². The number of benzene rings is 3. The van der Waals surface area contributed by atoms with Gasteiger partial charge in [-0.1, -0.05) is 40.2 Å². The Morgan fingerprint density at radius 3 is 2.24 bits per heavy atom. The first kappa shape index (κ1) is 24.3. The first-order valence-corrected chi connectivity index (χ1v) is 13.1. The molecule has 0 bridgehead atoms. The van der Waals surface area contributed by atoms with Crippen LogP contribution in [0.25, 0.3) is 0 Å². The van der Waals surface area contributed by atoms with Gasteiger partial charge in [0.2, 0.25) is 15.9 Å². The van der Waals surface area contributed by atoms with Crippen LogP contribution < -0.4 is 15.0 Å². The van der Waals surface area contributed by atoms with E-state index < -0.39 is 10.0 Å². The van der Waals surface area contributed by atoms with Crippen LogP contribution in [0.4, 0.5) is 11.4 Å². The lowest BCUT2D eigenvalue weighted by molar-refractivity contribution is -0.115. The van der Waals surface area contributed by atoms with Gasteiger partial charge in [0.05, 0.1) is 24.1 Å². The smallest absolute Gasteiger partial charge is 0.243 e. The van der Waals surface area contributed by atoms with Crippen molar-refractivity contribution in [2.75, 3.05) is 43.5 Å². The number of nitrogens with one attached hydrogen (secondary N) is 1. The zero-order valence-electron chi connectivity index (χ0n) is 18.8. The highest BCUT2D eigenvalue weighted by molar-refractivity contribution is 9.10. The molecule has 0 spiro atoms. The first-order valence-electron chi connectivity index (χ1n) is 10.9. The van der Waals surface area contributed by atoms with Gasteiger partial charge >= 0.3 is 0 Å². The number of halogens is 1. The minimum Gasteiger partial charge on any atom is -0.495 e. The second-order valence-electron chi connectivity index (χ2n) is 7.94. The third-order valence-electron chi connectivity index (χ3n) is 5.72. The SMILES string of the molecule is COc1ccccc1N1CCN(S(=O)(=O)c2ccc(NC(=O)Cc3ccc(Br)cc3)cc2)CC1. The third kappa shape index (κ3) is 5.60. The predicted octanol–water partition coefficient (Wildman–Crippen LogP) is 4.15. The summed E-state index contributed by atoms with van der Waals surface area (Å²) >= 11 is 3.38. The Labute approximate surface area is 208 Å². The molecule has 0 atom stereocenters. The molecule has 1 fully saturated rings. The largest absolute Gasteiger partial charge is 0.495 e. The van der Waals surface area contributed by atoms with Gasteiger partial charge in [-0.25, -0.2) is 8.42 Å². The Hall–Kier alpha value is -2.88. The minimum atomic E-state index is -3.62. The zero-order chi connectivity index (χ0) is 24.1. The summed E-state index contributed by atoms with van der Waals surface area (Å²) in [7, 11) is -1.99. The van der Waals surface area contributed by atoms with E-state index in [2.05, 4.69) is 26.1 Å². The maximum atomic E-state index is 13.1. The van der Waals surface area contributed by atoms with Crippen molar-refractivity contribution < 1.29 is 17.9 Å². The molecule has 1 saturated heterocycles. The van der Waals surface area contributed by atoms with Crippen molar-refractivity contribution in [3.05, 3.63) is 82.8 Å². The number of amides is 1. The predicted molar refractivity (Wildman–Crippen MR) is 137 cm³/mol. The van der Waals surface area contributed by atoms with Crippen LogP contribution in [0.3, 0.4) is 0 Å². The highest BCUT2D eigenvalue weighted by atomic mass is 79.9. The molecule has 0 unspecified atom stereocenters. The van der Waals surface area contributed by atoms with Crippen molar-refractivity contribution >= 4 is 43.2 Å². The first-order chi connectivity index (χ1) is 16.4. The number of sulfonamides is 1. The van der Waals surface area contributed by atoms with Gasteiger partial charge in [0.1, 0.15) is 5.75 Å². The lowest BCUT2D eigenvalue weighted by Crippen LogP contribution is -2.48. The topological polar surface area (TPSA) is 79.0 Å². The van der Waals surface area contributed by atoms with Gasteiger partial charge in [-0.2, -0.15) is 4.31 Å². The van der Waals surface area contributed by atoms with E-state index >= 15 is 0 Å². The molecule has 0 radical (unpaired) electrons. The molecule has 1 N–H and O–H groups in total. The molecule has 7 nitrogen and oxygen atoms in total. The van der Waals surface area contributed by atoms with Gasteiger partial charge in [-0.15, -0.1) is 0 Å². The number of hydrogen-bond donors (Lipinski definition) is 1. The van der Waals surface area contributed by atoms with E-state index in [4.69, 9.17) is 4.74 Å². The molecule has 34 heavy (non-hydrogen) atoms. The molecule has 0 saturated carbocycles. The maximum Gasteiger partial charge on any atom is 0.243 e. The van der Waals surface area contributed by atoms with E-state index in [0.29, 0.717) is 31.9 Å². The number of anilines is 2. The number of hydrogen-bond acceptors (Lipinski definition) is 5. The molecular formula is C25H26BrN3O4S. The number of ether oxygens (including phenoxy) is 1. The van der Waals surface area contributed by atoms with Crippen molar-refractivity contribution in [3.63, 3.8) is 0 Å². The Morgan fingerprint density at radius 1 is 0.941 bits per heavy atom. The second-order valence-corrected chi connectivity index (χ2v) is 10.8. The molecule has 0 aromatic heterocycles. The van der Waals surface area contributed by atoms with E-state index in [1.807, 2.05) is 48.5 Å². The average molecular weight is 544 g/mol. The van der Waals surface area contributed by atoms with Crippen molar-refractivity contribution in [3.8, 4) is 5.75 Å². The van der Waals surface area contributed by atoms with Crippen molar-refractivity contribution in [1.29, 1.82) is 0 Å². The van der Waals surface area contributed by atoms with Crippen LogP contribution in [0.1, 0.15) is 5.56 Å². The summed E-state index contributed by atoms with van der Waals surface area (Å²) in [5.41, 5.74) is 2.42. The highest BCUT2D eigenvalue weighted by Crippen LogP contribution is 2.29. The summed E-state index contributed by atoms with van der Waals surface area (Å²) in [5, 5.41) is 2.82. The number of methoxy groups -OCH3 is 1. The lowest BCUT2D eigenvalue weighted by Gasteiger charge is -2.35. The molecule has 1 amide bonds. The quantitative estimate of drug-likeness (QED) is 0.484. The molecule has 178 valence electrons. The second kappa shape index (κ2) is 10.6. The third-order valence-corrected chi connectivity index (χ3v) is 8.16. The molecule has 1 heterocycles. The van der Waals surface area contributed by atoms with Crippen LogP contribution in [0.2, 0.25) is 0 Å². The molecule has 3 aromatic carbocycles. The maximum absolute atomic E-state index is 13.1. The minimum absolute atomic E-state index is 0.162. The Bertz CT molecular complexity index is 1240. The van der Waals surface area contributed by atoms with Gasteiger partial charge in [0.15, 0.2) is 0 Å². The molecule has 1 aliphatic heterocycles. The molecule has 0 aliphatic carbocycles. The summed E-state index contributed by atoms with van der Waals surface area (Å²) < 4.78 is 34.2. The number of rotatable bonds is 7. The van der Waals surface area contributed by atoms with Crippen molar-refractivity contribution in [1.82, 2.24) is 4.31 Å². The molecule has 9 heteroatoms. The fraction of sp³-hybridized carbons (Fsp3) is 0.240. The standard InChI is InChI=1S/C25H26BrN3O4S/c1-33-24-5-3-2-4-23(24)28-14-16-29(17-15-28)34(31,32)22-12-10-21(11-13-22)27-25(30)18-19-6-8-20(26)9-7-19/h2-13H,14-18H2,1H3,(H,27,30). The van der Waals surface area contributed by atoms with Crippen LogP contribution in [-0.2, 0) is 21.2 Å². The summed E-state index contributed by atoms with van der Waals surface area (Å²) in [5.74, 6) is 0.613. The fourth-order valence-corrected chi connectivity index (χ4v) is 5.60. The van der Waals surface area contributed by atoms with Gasteiger partial charge in [-0.3, -0.25) is 4.79 Å². The summed E-state index contributed by atoms with van der Waals surface area (Å²) in [6.45, 7) is 1.91.